The summed E-state index contributed by atoms with van der Waals surface area (Å²) < 4.78 is 11.8. The highest BCUT2D eigenvalue weighted by Crippen LogP contribution is 2.38. The summed E-state index contributed by atoms with van der Waals surface area (Å²) in [5.74, 6) is 0.829. The molecule has 4 aromatic rings. The minimum absolute atomic E-state index is 0.264. The maximum Gasteiger partial charge on any atom is 0.252 e. The van der Waals surface area contributed by atoms with Gasteiger partial charge in [0.25, 0.3) is 5.89 Å². The number of hydrogen-bond donors (Lipinski definition) is 0. The van der Waals surface area contributed by atoms with Gasteiger partial charge in [0.2, 0.25) is 5.89 Å². The van der Waals surface area contributed by atoms with Crippen LogP contribution in [0, 0.1) is 11.3 Å². The third kappa shape index (κ3) is 2.08. The first-order chi connectivity index (χ1) is 11.5. The van der Waals surface area contributed by atoms with E-state index in [0.29, 0.717) is 28.5 Å². The van der Waals surface area contributed by atoms with E-state index in [1.165, 1.54) is 0 Å². The Morgan fingerprint density at radius 1 is 0.958 bits per heavy atom. The van der Waals surface area contributed by atoms with Crippen molar-refractivity contribution in [3.8, 4) is 17.5 Å². The normalized spacial score (nSPS) is 11.9. The van der Waals surface area contributed by atoms with Crippen LogP contribution < -0.4 is 0 Å². The van der Waals surface area contributed by atoms with Crippen LogP contribution in [0.25, 0.3) is 33.4 Å². The average molecular weight is 317 g/mol. The number of furan rings is 1. The summed E-state index contributed by atoms with van der Waals surface area (Å²) >= 11 is 0. The van der Waals surface area contributed by atoms with Crippen molar-refractivity contribution in [3.05, 3.63) is 47.9 Å². The van der Waals surface area contributed by atoms with Crippen molar-refractivity contribution in [1.82, 2.24) is 10.2 Å². The molecule has 5 nitrogen and oxygen atoms in total. The quantitative estimate of drug-likeness (QED) is 0.504. The highest BCUT2D eigenvalue weighted by Gasteiger charge is 2.25. The van der Waals surface area contributed by atoms with Gasteiger partial charge in [-0.2, -0.15) is 5.26 Å². The van der Waals surface area contributed by atoms with E-state index in [0.717, 1.165) is 16.4 Å². The average Bonchev–Trinajstić information content (AvgIpc) is 3.18. The van der Waals surface area contributed by atoms with Crippen LogP contribution in [0.1, 0.15) is 32.2 Å². The van der Waals surface area contributed by atoms with Gasteiger partial charge >= 0.3 is 0 Å². The molecule has 0 N–H and O–H groups in total. The zero-order valence-electron chi connectivity index (χ0n) is 13.6. The van der Waals surface area contributed by atoms with Crippen molar-refractivity contribution < 1.29 is 8.83 Å². The Hall–Kier alpha value is -3.13. The lowest BCUT2D eigenvalue weighted by Crippen LogP contribution is -2.11. The maximum absolute atomic E-state index is 9.50. The van der Waals surface area contributed by atoms with Crippen LogP contribution in [0.3, 0.4) is 0 Å². The summed E-state index contributed by atoms with van der Waals surface area (Å²) in [5.41, 5.74) is 2.10. The number of nitrogens with zero attached hydrogens (tertiary/aromatic N) is 3. The van der Waals surface area contributed by atoms with E-state index in [4.69, 9.17) is 8.83 Å². The summed E-state index contributed by atoms with van der Waals surface area (Å²) in [7, 11) is 0. The topological polar surface area (TPSA) is 75.8 Å². The van der Waals surface area contributed by atoms with Gasteiger partial charge in [-0.15, -0.1) is 10.2 Å². The first-order valence-electron chi connectivity index (χ1n) is 7.68. The van der Waals surface area contributed by atoms with E-state index >= 15 is 0 Å². The Morgan fingerprint density at radius 3 is 2.46 bits per heavy atom. The van der Waals surface area contributed by atoms with Gasteiger partial charge in [-0.05, 0) is 18.2 Å². The number of fused-ring (bicyclic) bond motifs is 3. The second-order valence-electron chi connectivity index (χ2n) is 6.74. The predicted octanol–water partition coefficient (Wildman–Crippen LogP) is 4.81. The second-order valence-corrected chi connectivity index (χ2v) is 6.74. The Morgan fingerprint density at radius 2 is 1.75 bits per heavy atom. The molecular weight excluding hydrogens is 302 g/mol. The van der Waals surface area contributed by atoms with Crippen molar-refractivity contribution >= 4 is 21.9 Å². The van der Waals surface area contributed by atoms with E-state index in [9.17, 15) is 5.26 Å². The predicted molar refractivity (Wildman–Crippen MR) is 90.4 cm³/mol. The molecule has 0 aliphatic rings. The maximum atomic E-state index is 9.50. The fourth-order valence-electron chi connectivity index (χ4n) is 2.72. The molecule has 0 aliphatic carbocycles. The summed E-state index contributed by atoms with van der Waals surface area (Å²) in [5, 5.41) is 19.7. The van der Waals surface area contributed by atoms with Gasteiger partial charge in [0.15, 0.2) is 0 Å². The number of hydrogen-bond acceptors (Lipinski definition) is 5. The summed E-state index contributed by atoms with van der Waals surface area (Å²) in [6, 6.07) is 13.6. The van der Waals surface area contributed by atoms with Gasteiger partial charge in [0.05, 0.1) is 11.1 Å². The molecule has 118 valence electrons. The highest BCUT2D eigenvalue weighted by atomic mass is 16.4. The Labute approximate surface area is 138 Å². The molecule has 24 heavy (non-hydrogen) atoms. The lowest BCUT2D eigenvalue weighted by Gasteiger charge is -2.11. The van der Waals surface area contributed by atoms with Gasteiger partial charge < -0.3 is 8.83 Å². The number of nitriles is 1. The standard InChI is InChI=1S/C19H15N3O2/c1-19(2,3)18-22-21-17(24-18)15-11(10-20)8-9-13-12-6-4-5-7-14(12)23-16(13)15/h4-9H,1-3H3. The van der Waals surface area contributed by atoms with Gasteiger partial charge in [-0.3, -0.25) is 0 Å². The second kappa shape index (κ2) is 4.93. The number of benzene rings is 2. The molecule has 0 saturated heterocycles. The van der Waals surface area contributed by atoms with Crippen molar-refractivity contribution in [1.29, 1.82) is 5.26 Å². The molecular formula is C19H15N3O2. The van der Waals surface area contributed by atoms with E-state index < -0.39 is 0 Å². The fraction of sp³-hybridized carbons (Fsp3) is 0.211. The molecule has 5 heteroatoms. The molecule has 4 rings (SSSR count). The summed E-state index contributed by atoms with van der Waals surface area (Å²) in [6.07, 6.45) is 0. The zero-order valence-corrected chi connectivity index (χ0v) is 13.6. The molecule has 0 unspecified atom stereocenters. The smallest absolute Gasteiger partial charge is 0.252 e. The van der Waals surface area contributed by atoms with Crippen LogP contribution in [0.4, 0.5) is 0 Å². The minimum Gasteiger partial charge on any atom is -0.455 e. The highest BCUT2D eigenvalue weighted by molar-refractivity contribution is 6.09. The third-order valence-corrected chi connectivity index (χ3v) is 3.95. The zero-order chi connectivity index (χ0) is 16.9. The van der Waals surface area contributed by atoms with Crippen molar-refractivity contribution in [3.63, 3.8) is 0 Å². The molecule has 2 heterocycles. The molecule has 0 fully saturated rings. The van der Waals surface area contributed by atoms with Crippen molar-refractivity contribution in [2.75, 3.05) is 0 Å². The molecule has 0 spiro atoms. The fourth-order valence-corrected chi connectivity index (χ4v) is 2.72. The summed E-state index contributed by atoms with van der Waals surface area (Å²) in [4.78, 5) is 0. The third-order valence-electron chi connectivity index (χ3n) is 3.95. The molecule has 0 aliphatic heterocycles. The first kappa shape index (κ1) is 14.5. The number of para-hydroxylation sites is 1. The van der Waals surface area contributed by atoms with Crippen LogP contribution in [-0.4, -0.2) is 10.2 Å². The van der Waals surface area contributed by atoms with Crippen LogP contribution in [-0.2, 0) is 5.41 Å². The van der Waals surface area contributed by atoms with Gasteiger partial charge in [0.1, 0.15) is 17.2 Å². The number of rotatable bonds is 1. The largest absolute Gasteiger partial charge is 0.455 e. The molecule has 0 amide bonds. The SMILES string of the molecule is CC(C)(C)c1nnc(-c2c(C#N)ccc3c2oc2ccccc23)o1. The van der Waals surface area contributed by atoms with Crippen LogP contribution >= 0.6 is 0 Å². The van der Waals surface area contributed by atoms with Crippen LogP contribution in [0.15, 0.2) is 45.2 Å². The molecule has 0 saturated carbocycles. The monoisotopic (exact) mass is 317 g/mol. The van der Waals surface area contributed by atoms with Crippen molar-refractivity contribution in [2.45, 2.75) is 26.2 Å². The van der Waals surface area contributed by atoms with E-state index in [1.807, 2.05) is 51.1 Å². The number of aromatic nitrogens is 2. The summed E-state index contributed by atoms with van der Waals surface area (Å²) in [6.45, 7) is 5.99. The van der Waals surface area contributed by atoms with Crippen LogP contribution in [0.2, 0.25) is 0 Å². The minimum atomic E-state index is -0.264. The van der Waals surface area contributed by atoms with E-state index in [-0.39, 0.29) is 5.41 Å². The molecule has 0 bridgehead atoms. The Bertz CT molecular complexity index is 1110. The molecule has 2 aromatic carbocycles. The lowest BCUT2D eigenvalue weighted by molar-refractivity contribution is 0.399. The van der Waals surface area contributed by atoms with Crippen molar-refractivity contribution in [2.24, 2.45) is 0 Å². The van der Waals surface area contributed by atoms with Crippen LogP contribution in [0.5, 0.6) is 0 Å². The first-order valence-corrected chi connectivity index (χ1v) is 7.68. The van der Waals surface area contributed by atoms with Gasteiger partial charge in [0, 0.05) is 16.2 Å². The van der Waals surface area contributed by atoms with Gasteiger partial charge in [-0.25, -0.2) is 0 Å². The van der Waals surface area contributed by atoms with Gasteiger partial charge in [-0.1, -0.05) is 39.0 Å². The van der Waals surface area contributed by atoms with E-state index in [2.05, 4.69) is 16.3 Å². The lowest BCUT2D eigenvalue weighted by atomic mass is 9.97. The van der Waals surface area contributed by atoms with E-state index in [1.54, 1.807) is 6.07 Å². The Balaban J connectivity index is 2.06. The molecule has 2 aromatic heterocycles. The Kier molecular flexibility index (Phi) is 2.97. The molecule has 0 radical (unpaired) electrons. The molecule has 0 atom stereocenters.